The Labute approximate surface area is 143 Å². The van der Waals surface area contributed by atoms with Crippen molar-refractivity contribution >= 4 is 17.3 Å². The maximum absolute atomic E-state index is 4.49. The van der Waals surface area contributed by atoms with Crippen molar-refractivity contribution in [3.63, 3.8) is 0 Å². The first-order valence-corrected chi connectivity index (χ1v) is 9.18. The Hall–Kier alpha value is -2.17. The number of anilines is 3. The van der Waals surface area contributed by atoms with E-state index in [9.17, 15) is 0 Å². The molecule has 4 rings (SSSR count). The third-order valence-corrected chi connectivity index (χ3v) is 5.20. The van der Waals surface area contributed by atoms with Gasteiger partial charge in [-0.3, -0.25) is 0 Å². The zero-order valence-electron chi connectivity index (χ0n) is 14.0. The lowest BCUT2D eigenvalue weighted by molar-refractivity contribution is 0.436. The summed E-state index contributed by atoms with van der Waals surface area (Å²) < 4.78 is 0. The van der Waals surface area contributed by atoms with Gasteiger partial charge in [0, 0.05) is 23.7 Å². The molecule has 0 saturated heterocycles. The first-order valence-electron chi connectivity index (χ1n) is 9.18. The Bertz CT molecular complexity index is 660. The van der Waals surface area contributed by atoms with Crippen LogP contribution in [-0.2, 0) is 0 Å². The number of hydrogen-bond acceptors (Lipinski definition) is 5. The molecule has 2 aromatic heterocycles. The third kappa shape index (κ3) is 3.66. The van der Waals surface area contributed by atoms with E-state index < -0.39 is 0 Å². The van der Waals surface area contributed by atoms with Crippen LogP contribution in [0.2, 0.25) is 0 Å². The summed E-state index contributed by atoms with van der Waals surface area (Å²) in [6.45, 7) is 0. The number of pyridine rings is 1. The summed E-state index contributed by atoms with van der Waals surface area (Å²) in [6, 6.07) is 6.78. The maximum atomic E-state index is 4.49. The topological polar surface area (TPSA) is 62.7 Å². The molecule has 5 nitrogen and oxygen atoms in total. The molecule has 0 aliphatic heterocycles. The van der Waals surface area contributed by atoms with E-state index in [0.29, 0.717) is 12.0 Å². The normalized spacial score (nSPS) is 18.8. The molecule has 24 heavy (non-hydrogen) atoms. The van der Waals surface area contributed by atoms with Crippen LogP contribution in [0.4, 0.5) is 17.3 Å². The van der Waals surface area contributed by atoms with Crippen LogP contribution in [0, 0.1) is 0 Å². The van der Waals surface area contributed by atoms with Gasteiger partial charge in [-0.25, -0.2) is 15.0 Å². The highest BCUT2D eigenvalue weighted by molar-refractivity contribution is 5.57. The molecule has 2 aliphatic carbocycles. The Balaban J connectivity index is 1.40. The molecule has 0 aromatic carbocycles. The summed E-state index contributed by atoms with van der Waals surface area (Å²) in [5, 5.41) is 6.81. The lowest BCUT2D eigenvalue weighted by atomic mass is 9.87. The molecule has 2 aliphatic rings. The van der Waals surface area contributed by atoms with Crippen molar-refractivity contribution in [2.45, 2.75) is 63.3 Å². The van der Waals surface area contributed by atoms with E-state index in [-0.39, 0.29) is 0 Å². The summed E-state index contributed by atoms with van der Waals surface area (Å²) in [5.41, 5.74) is 2.13. The van der Waals surface area contributed by atoms with Gasteiger partial charge in [-0.15, -0.1) is 0 Å². The second-order valence-corrected chi connectivity index (χ2v) is 6.99. The predicted octanol–water partition coefficient (Wildman–Crippen LogP) is 4.63. The number of nitrogens with one attached hydrogen (secondary N) is 2. The molecule has 5 heteroatoms. The van der Waals surface area contributed by atoms with Gasteiger partial charge in [0.15, 0.2) is 0 Å². The fourth-order valence-electron chi connectivity index (χ4n) is 3.53. The van der Waals surface area contributed by atoms with Gasteiger partial charge in [-0.2, -0.15) is 0 Å². The minimum atomic E-state index is 0.592. The van der Waals surface area contributed by atoms with Crippen LogP contribution < -0.4 is 10.6 Å². The monoisotopic (exact) mass is 323 g/mol. The van der Waals surface area contributed by atoms with Crippen molar-refractivity contribution in [2.75, 3.05) is 10.6 Å². The van der Waals surface area contributed by atoms with E-state index in [2.05, 4.69) is 37.7 Å². The van der Waals surface area contributed by atoms with E-state index >= 15 is 0 Å². The smallest absolute Gasteiger partial charge is 0.134 e. The molecule has 2 aromatic rings. The average molecular weight is 323 g/mol. The van der Waals surface area contributed by atoms with Crippen LogP contribution in [0.3, 0.4) is 0 Å². The minimum Gasteiger partial charge on any atom is -0.367 e. The van der Waals surface area contributed by atoms with Crippen LogP contribution in [0.25, 0.3) is 0 Å². The number of nitrogens with zero attached hydrogens (tertiary/aromatic N) is 3. The summed E-state index contributed by atoms with van der Waals surface area (Å²) in [6.07, 6.45) is 13.9. The van der Waals surface area contributed by atoms with Gasteiger partial charge in [0.25, 0.3) is 0 Å². The molecule has 2 saturated carbocycles. The van der Waals surface area contributed by atoms with Gasteiger partial charge in [0.2, 0.25) is 0 Å². The highest BCUT2D eigenvalue weighted by atomic mass is 15.0. The maximum Gasteiger partial charge on any atom is 0.134 e. The zero-order valence-corrected chi connectivity index (χ0v) is 14.0. The summed E-state index contributed by atoms with van der Waals surface area (Å²) in [4.78, 5) is 13.3. The van der Waals surface area contributed by atoms with Crippen molar-refractivity contribution < 1.29 is 0 Å². The third-order valence-electron chi connectivity index (χ3n) is 5.20. The van der Waals surface area contributed by atoms with Gasteiger partial charge in [-0.05, 0) is 44.2 Å². The van der Waals surface area contributed by atoms with Crippen LogP contribution in [0.5, 0.6) is 0 Å². The molecule has 2 heterocycles. The highest BCUT2D eigenvalue weighted by Crippen LogP contribution is 2.32. The quantitative estimate of drug-likeness (QED) is 0.840. The van der Waals surface area contributed by atoms with Crippen LogP contribution >= 0.6 is 0 Å². The molecule has 2 fully saturated rings. The molecule has 0 unspecified atom stereocenters. The fourth-order valence-corrected chi connectivity index (χ4v) is 3.53. The van der Waals surface area contributed by atoms with Crippen LogP contribution in [0.1, 0.15) is 63.0 Å². The lowest BCUT2D eigenvalue weighted by Gasteiger charge is -2.26. The molecule has 0 radical (unpaired) electrons. The second-order valence-electron chi connectivity index (χ2n) is 6.99. The fraction of sp³-hybridized carbons (Fsp3) is 0.526. The lowest BCUT2D eigenvalue weighted by Crippen LogP contribution is -2.27. The molecule has 0 amide bonds. The molecule has 0 atom stereocenters. The Morgan fingerprint density at radius 1 is 0.833 bits per heavy atom. The van der Waals surface area contributed by atoms with Crippen molar-refractivity contribution in [3.05, 3.63) is 36.4 Å². The van der Waals surface area contributed by atoms with E-state index in [1.165, 1.54) is 57.1 Å². The zero-order chi connectivity index (χ0) is 16.2. The summed E-state index contributed by atoms with van der Waals surface area (Å²) in [7, 11) is 0. The average Bonchev–Trinajstić information content (AvgIpc) is 2.61. The van der Waals surface area contributed by atoms with Gasteiger partial charge < -0.3 is 10.6 Å². The SMILES string of the molecule is c1nc(Nc2ccc(NC3CCC3)nc2)cc(C2CCCCC2)n1. The summed E-state index contributed by atoms with van der Waals surface area (Å²) in [5.74, 6) is 2.40. The molecular formula is C19H25N5. The van der Waals surface area contributed by atoms with Crippen molar-refractivity contribution in [1.82, 2.24) is 15.0 Å². The van der Waals surface area contributed by atoms with E-state index in [4.69, 9.17) is 0 Å². The molecule has 126 valence electrons. The van der Waals surface area contributed by atoms with Gasteiger partial charge in [0.1, 0.15) is 18.0 Å². The van der Waals surface area contributed by atoms with Crippen LogP contribution in [-0.4, -0.2) is 21.0 Å². The number of rotatable bonds is 5. The van der Waals surface area contributed by atoms with E-state index in [1.807, 2.05) is 12.3 Å². The van der Waals surface area contributed by atoms with Crippen molar-refractivity contribution in [2.24, 2.45) is 0 Å². The first-order chi connectivity index (χ1) is 11.9. The van der Waals surface area contributed by atoms with E-state index in [0.717, 1.165) is 17.3 Å². The number of hydrogen-bond donors (Lipinski definition) is 2. The molecule has 0 bridgehead atoms. The van der Waals surface area contributed by atoms with Crippen molar-refractivity contribution in [3.8, 4) is 0 Å². The standard InChI is InChI=1S/C19H25N5/c1-2-5-14(6-3-1)17-11-19(22-13-21-17)24-16-9-10-18(20-12-16)23-15-7-4-8-15/h9-15H,1-8H2,(H,20,23)(H,21,22,24). The Kier molecular flexibility index (Phi) is 4.58. The van der Waals surface area contributed by atoms with Gasteiger partial charge >= 0.3 is 0 Å². The minimum absolute atomic E-state index is 0.592. The molecule has 0 spiro atoms. The summed E-state index contributed by atoms with van der Waals surface area (Å²) >= 11 is 0. The van der Waals surface area contributed by atoms with Crippen molar-refractivity contribution in [1.29, 1.82) is 0 Å². The van der Waals surface area contributed by atoms with E-state index in [1.54, 1.807) is 6.33 Å². The first kappa shape index (κ1) is 15.4. The van der Waals surface area contributed by atoms with Gasteiger partial charge in [-0.1, -0.05) is 19.3 Å². The molecule has 2 N–H and O–H groups in total. The Morgan fingerprint density at radius 2 is 1.71 bits per heavy atom. The Morgan fingerprint density at radius 3 is 2.42 bits per heavy atom. The number of aromatic nitrogens is 3. The van der Waals surface area contributed by atoms with Gasteiger partial charge in [0.05, 0.1) is 11.9 Å². The van der Waals surface area contributed by atoms with Crippen LogP contribution in [0.15, 0.2) is 30.7 Å². The second kappa shape index (κ2) is 7.16. The molecular weight excluding hydrogens is 298 g/mol. The predicted molar refractivity (Wildman–Crippen MR) is 96.6 cm³/mol. The highest BCUT2D eigenvalue weighted by Gasteiger charge is 2.18. The largest absolute Gasteiger partial charge is 0.367 e.